The average Bonchev–Trinajstić information content (AvgIpc) is 2.45. The zero-order valence-electron chi connectivity index (χ0n) is 12.3. The van der Waals surface area contributed by atoms with Gasteiger partial charge in [0.1, 0.15) is 0 Å². The molecule has 0 fully saturated rings. The van der Waals surface area contributed by atoms with Gasteiger partial charge in [0.05, 0.1) is 11.1 Å². The first-order valence-corrected chi connectivity index (χ1v) is 7.24. The fraction of sp³-hybridized carbons (Fsp3) is 0.133. The monoisotopic (exact) mass is 357 g/mol. The van der Waals surface area contributed by atoms with E-state index in [0.29, 0.717) is 23.5 Å². The van der Waals surface area contributed by atoms with Gasteiger partial charge in [0.25, 0.3) is 0 Å². The van der Waals surface area contributed by atoms with E-state index in [2.05, 4.69) is 0 Å². The van der Waals surface area contributed by atoms with Crippen molar-refractivity contribution in [1.82, 2.24) is 0 Å². The van der Waals surface area contributed by atoms with Crippen molar-refractivity contribution in [2.45, 2.75) is 12.4 Å². The maximum atomic E-state index is 13.0. The predicted molar refractivity (Wildman–Crippen MR) is 80.9 cm³/mol. The summed E-state index contributed by atoms with van der Waals surface area (Å²) in [7, 11) is -0.832. The van der Waals surface area contributed by atoms with Crippen LogP contribution in [-0.2, 0) is 12.4 Å². The molecule has 1 atom stereocenters. The van der Waals surface area contributed by atoms with E-state index in [1.807, 2.05) is 0 Å². The number of halogens is 6. The number of benzene rings is 2. The maximum Gasteiger partial charge on any atom is 0.417 e. The molecule has 0 aromatic heterocycles. The number of hydrogen-bond acceptors (Lipinski definition) is 1. The van der Waals surface area contributed by atoms with Crippen molar-refractivity contribution in [2.24, 2.45) is 0 Å². The van der Waals surface area contributed by atoms with Crippen molar-refractivity contribution in [1.29, 1.82) is 0 Å². The normalized spacial score (nSPS) is 12.2. The molecule has 0 N–H and O–H groups in total. The Labute approximate surface area is 147 Å². The maximum absolute atomic E-state index is 13.0. The number of alkyl halides is 6. The standard InChI is InChI=1S/C15H9F6OP.Li/c16-14(17,18)10-7-4-8-11(15(19,20)21)12(10)13(22)23-9-5-2-1-3-6-9;/h1-8,23H;. The molecule has 2 aromatic carbocycles. The molecule has 1 radical (unpaired) electrons. The summed E-state index contributed by atoms with van der Waals surface area (Å²) in [5.74, 6) is 0. The Balaban J connectivity index is 0.00000288. The molecule has 0 bridgehead atoms. The van der Waals surface area contributed by atoms with Crippen LogP contribution in [0.2, 0.25) is 0 Å². The van der Waals surface area contributed by atoms with Gasteiger partial charge in [0.2, 0.25) is 0 Å². The minimum Gasteiger partial charge on any atom is -0.289 e. The van der Waals surface area contributed by atoms with E-state index >= 15 is 0 Å². The SMILES string of the molecule is O=C(Pc1ccccc1)c1c(C(F)(F)F)cccc1C(F)(F)F.[Li]. The molecule has 2 rings (SSSR count). The van der Waals surface area contributed by atoms with Crippen LogP contribution in [0.1, 0.15) is 21.5 Å². The Morgan fingerprint density at radius 3 is 1.62 bits per heavy atom. The molecule has 0 aliphatic rings. The summed E-state index contributed by atoms with van der Waals surface area (Å²) in [4.78, 5) is 12.2. The summed E-state index contributed by atoms with van der Waals surface area (Å²) in [6.45, 7) is 0. The summed E-state index contributed by atoms with van der Waals surface area (Å²) in [5.41, 5.74) is -5.66. The largest absolute Gasteiger partial charge is 0.417 e. The Bertz CT molecular complexity index is 680. The number of carbonyl (C=O) groups is 1. The van der Waals surface area contributed by atoms with Gasteiger partial charge in [-0.3, -0.25) is 4.79 Å². The van der Waals surface area contributed by atoms with Crippen LogP contribution >= 0.6 is 8.58 Å². The first-order chi connectivity index (χ1) is 10.6. The summed E-state index contributed by atoms with van der Waals surface area (Å²) in [6.07, 6.45) is -10.1. The number of carbonyl (C=O) groups excluding carboxylic acids is 1. The molecule has 0 heterocycles. The van der Waals surface area contributed by atoms with Crippen molar-refractivity contribution in [3.63, 3.8) is 0 Å². The van der Waals surface area contributed by atoms with E-state index in [1.165, 1.54) is 12.1 Å². The van der Waals surface area contributed by atoms with Gasteiger partial charge in [-0.2, -0.15) is 26.3 Å². The van der Waals surface area contributed by atoms with Gasteiger partial charge in [-0.1, -0.05) is 36.4 Å². The van der Waals surface area contributed by atoms with Crippen LogP contribution in [0, 0.1) is 0 Å². The molecule has 1 unspecified atom stereocenters. The van der Waals surface area contributed by atoms with E-state index in [4.69, 9.17) is 0 Å². The van der Waals surface area contributed by atoms with Gasteiger partial charge in [0, 0.05) is 24.4 Å². The minimum absolute atomic E-state index is 0. The Hall–Kier alpha value is -1.28. The molecule has 1 nitrogen and oxygen atoms in total. The van der Waals surface area contributed by atoms with Gasteiger partial charge >= 0.3 is 12.4 Å². The van der Waals surface area contributed by atoms with Gasteiger partial charge in [-0.25, -0.2) is 0 Å². The Kier molecular flexibility index (Phi) is 6.69. The van der Waals surface area contributed by atoms with E-state index in [1.54, 1.807) is 18.2 Å². The molecule has 0 saturated heterocycles. The molecule has 0 aliphatic heterocycles. The van der Waals surface area contributed by atoms with Crippen LogP contribution in [0.5, 0.6) is 0 Å². The zero-order valence-corrected chi connectivity index (χ0v) is 13.3. The smallest absolute Gasteiger partial charge is 0.289 e. The summed E-state index contributed by atoms with van der Waals surface area (Å²) in [6, 6.07) is 9.29. The van der Waals surface area contributed by atoms with Crippen LogP contribution in [-0.4, -0.2) is 24.4 Å². The fourth-order valence-electron chi connectivity index (χ4n) is 1.98. The topological polar surface area (TPSA) is 17.1 Å². The van der Waals surface area contributed by atoms with Gasteiger partial charge in [-0.15, -0.1) is 0 Å². The van der Waals surface area contributed by atoms with E-state index in [0.717, 1.165) is 0 Å². The van der Waals surface area contributed by atoms with E-state index < -0.39 is 43.1 Å². The number of hydrogen-bond donors (Lipinski definition) is 0. The summed E-state index contributed by atoms with van der Waals surface area (Å²) in [5, 5.41) is 0.364. The summed E-state index contributed by atoms with van der Waals surface area (Å²) >= 11 is 0. The molecule has 0 spiro atoms. The van der Waals surface area contributed by atoms with Gasteiger partial charge in [0.15, 0.2) is 5.52 Å². The molecule has 9 heteroatoms. The second-order valence-corrected chi connectivity index (χ2v) is 5.83. The second kappa shape index (κ2) is 7.73. The fourth-order valence-corrected chi connectivity index (χ4v) is 3.00. The van der Waals surface area contributed by atoms with Gasteiger partial charge in [-0.05, 0) is 26.0 Å². The quantitative estimate of drug-likeness (QED) is 0.450. The molecule has 0 saturated carbocycles. The zero-order chi connectivity index (χ0) is 17.3. The van der Waals surface area contributed by atoms with Crippen molar-refractivity contribution in [3.8, 4) is 0 Å². The van der Waals surface area contributed by atoms with Crippen LogP contribution in [0.4, 0.5) is 26.3 Å². The Morgan fingerprint density at radius 1 is 0.750 bits per heavy atom. The third-order valence-corrected chi connectivity index (χ3v) is 4.03. The number of rotatable bonds is 3. The summed E-state index contributed by atoms with van der Waals surface area (Å²) < 4.78 is 78.0. The van der Waals surface area contributed by atoms with E-state index in [-0.39, 0.29) is 18.9 Å². The molecular formula is C15H9F6LiOP. The Morgan fingerprint density at radius 2 is 1.21 bits per heavy atom. The first-order valence-electron chi connectivity index (χ1n) is 6.24. The second-order valence-electron chi connectivity index (χ2n) is 4.54. The van der Waals surface area contributed by atoms with Crippen LogP contribution in [0.25, 0.3) is 0 Å². The van der Waals surface area contributed by atoms with Gasteiger partial charge < -0.3 is 0 Å². The van der Waals surface area contributed by atoms with Crippen molar-refractivity contribution in [3.05, 3.63) is 65.2 Å². The predicted octanol–water partition coefficient (Wildman–Crippen LogP) is 4.49. The molecule has 0 amide bonds. The molecule has 123 valence electrons. The third-order valence-electron chi connectivity index (χ3n) is 2.93. The first kappa shape index (κ1) is 20.8. The van der Waals surface area contributed by atoms with Crippen LogP contribution < -0.4 is 5.30 Å². The molecular weight excluding hydrogens is 348 g/mol. The van der Waals surface area contributed by atoms with E-state index in [9.17, 15) is 31.1 Å². The molecule has 24 heavy (non-hydrogen) atoms. The third kappa shape index (κ3) is 4.86. The van der Waals surface area contributed by atoms with Crippen LogP contribution in [0.3, 0.4) is 0 Å². The molecule has 2 aromatic rings. The average molecular weight is 357 g/mol. The van der Waals surface area contributed by atoms with Crippen LogP contribution in [0.15, 0.2) is 48.5 Å². The minimum atomic E-state index is -5.05. The molecule has 0 aliphatic carbocycles. The van der Waals surface area contributed by atoms with Crippen molar-refractivity contribution < 1.29 is 31.1 Å². The van der Waals surface area contributed by atoms with Crippen molar-refractivity contribution >= 4 is 38.3 Å². The van der Waals surface area contributed by atoms with Crippen molar-refractivity contribution in [2.75, 3.05) is 0 Å².